The molecular weight excluding hydrogens is 406 g/mol. The van der Waals surface area contributed by atoms with Crippen molar-refractivity contribution in [2.45, 2.75) is 6.42 Å². The van der Waals surface area contributed by atoms with E-state index in [0.717, 1.165) is 17.1 Å². The second-order valence-corrected chi connectivity index (χ2v) is 7.43. The van der Waals surface area contributed by atoms with E-state index in [4.69, 9.17) is 9.47 Å². The number of nitrogens with one attached hydrogen (secondary N) is 1. The Morgan fingerprint density at radius 2 is 1.62 bits per heavy atom. The predicted octanol–water partition coefficient (Wildman–Crippen LogP) is 3.13. The summed E-state index contributed by atoms with van der Waals surface area (Å²) in [7, 11) is 0. The highest BCUT2D eigenvalue weighted by Gasteiger charge is 2.17. The molecule has 0 fully saturated rings. The molecule has 0 saturated carbocycles. The SMILES string of the molecule is O=C(NCCc1ccc2c(c1)OCCO2)c1nn(-c2ccccc2)c(=O)c2ccccc12. The lowest BCUT2D eigenvalue weighted by atomic mass is 10.1. The number of fused-ring (bicyclic) bond motifs is 2. The number of hydrogen-bond acceptors (Lipinski definition) is 5. The van der Waals surface area contributed by atoms with Crippen molar-refractivity contribution in [1.29, 1.82) is 0 Å². The van der Waals surface area contributed by atoms with Crippen LogP contribution in [0.3, 0.4) is 0 Å². The molecule has 7 heteroatoms. The Balaban J connectivity index is 1.40. The van der Waals surface area contributed by atoms with Crippen LogP contribution in [0.15, 0.2) is 77.6 Å². The molecule has 0 bridgehead atoms. The summed E-state index contributed by atoms with van der Waals surface area (Å²) in [4.78, 5) is 26.0. The van der Waals surface area contributed by atoms with Crippen LogP contribution < -0.4 is 20.3 Å². The molecule has 160 valence electrons. The summed E-state index contributed by atoms with van der Waals surface area (Å²) in [5, 5.41) is 8.32. The first-order valence-electron chi connectivity index (χ1n) is 10.4. The number of carbonyl (C=O) groups is 1. The van der Waals surface area contributed by atoms with Crippen LogP contribution in [-0.2, 0) is 6.42 Å². The molecule has 2 heterocycles. The van der Waals surface area contributed by atoms with Gasteiger partial charge in [0, 0.05) is 11.9 Å². The molecule has 0 spiro atoms. The van der Waals surface area contributed by atoms with Crippen LogP contribution >= 0.6 is 0 Å². The lowest BCUT2D eigenvalue weighted by molar-refractivity contribution is 0.0949. The Morgan fingerprint density at radius 3 is 2.44 bits per heavy atom. The quantitative estimate of drug-likeness (QED) is 0.529. The zero-order valence-corrected chi connectivity index (χ0v) is 17.3. The topological polar surface area (TPSA) is 82.4 Å². The lowest BCUT2D eigenvalue weighted by Gasteiger charge is -2.18. The monoisotopic (exact) mass is 427 g/mol. The molecule has 5 rings (SSSR count). The lowest BCUT2D eigenvalue weighted by Crippen LogP contribution is -2.31. The predicted molar refractivity (Wildman–Crippen MR) is 121 cm³/mol. The van der Waals surface area contributed by atoms with Crippen LogP contribution in [0, 0.1) is 0 Å². The van der Waals surface area contributed by atoms with E-state index in [0.29, 0.717) is 42.6 Å². The van der Waals surface area contributed by atoms with Crippen molar-refractivity contribution in [1.82, 2.24) is 15.1 Å². The van der Waals surface area contributed by atoms with Crippen molar-refractivity contribution < 1.29 is 14.3 Å². The summed E-state index contributed by atoms with van der Waals surface area (Å²) in [5.74, 6) is 1.13. The standard InChI is InChI=1S/C25H21N3O4/c29-24(26-13-12-17-10-11-21-22(16-17)32-15-14-31-21)23-19-8-4-5-9-20(19)25(30)28(27-23)18-6-2-1-3-7-18/h1-11,16H,12-15H2,(H,26,29). The molecule has 1 N–H and O–H groups in total. The van der Waals surface area contributed by atoms with Crippen molar-refractivity contribution in [3.05, 3.63) is 94.4 Å². The molecule has 1 aliphatic rings. The highest BCUT2D eigenvalue weighted by atomic mass is 16.6. The molecule has 0 saturated heterocycles. The molecule has 4 aromatic rings. The third-order valence-corrected chi connectivity index (χ3v) is 5.33. The first-order valence-corrected chi connectivity index (χ1v) is 10.4. The summed E-state index contributed by atoms with van der Waals surface area (Å²) >= 11 is 0. The maximum absolute atomic E-state index is 13.0. The number of amides is 1. The Labute approximate surface area is 184 Å². The maximum Gasteiger partial charge on any atom is 0.279 e. The smallest absolute Gasteiger partial charge is 0.279 e. The van der Waals surface area contributed by atoms with Gasteiger partial charge in [-0.2, -0.15) is 9.78 Å². The van der Waals surface area contributed by atoms with Gasteiger partial charge in [0.15, 0.2) is 17.2 Å². The number of aromatic nitrogens is 2. The molecule has 32 heavy (non-hydrogen) atoms. The highest BCUT2D eigenvalue weighted by Crippen LogP contribution is 2.30. The van der Waals surface area contributed by atoms with E-state index >= 15 is 0 Å². The Kier molecular flexibility index (Phi) is 5.29. The summed E-state index contributed by atoms with van der Waals surface area (Å²) in [5.41, 5.74) is 1.58. The number of hydrogen-bond donors (Lipinski definition) is 1. The van der Waals surface area contributed by atoms with Gasteiger partial charge in [0.05, 0.1) is 11.1 Å². The molecule has 1 aromatic heterocycles. The number of para-hydroxylation sites is 1. The fraction of sp³-hybridized carbons (Fsp3) is 0.160. The zero-order valence-electron chi connectivity index (χ0n) is 17.3. The summed E-state index contributed by atoms with van der Waals surface area (Å²) < 4.78 is 12.4. The van der Waals surface area contributed by atoms with E-state index < -0.39 is 0 Å². The van der Waals surface area contributed by atoms with E-state index in [1.54, 1.807) is 36.4 Å². The molecule has 0 unspecified atom stereocenters. The fourth-order valence-corrected chi connectivity index (χ4v) is 3.75. The van der Waals surface area contributed by atoms with Crippen molar-refractivity contribution in [2.24, 2.45) is 0 Å². The molecule has 0 radical (unpaired) electrons. The Hall–Kier alpha value is -4.13. The zero-order chi connectivity index (χ0) is 21.9. The van der Waals surface area contributed by atoms with Gasteiger partial charge < -0.3 is 14.8 Å². The van der Waals surface area contributed by atoms with Crippen molar-refractivity contribution in [2.75, 3.05) is 19.8 Å². The number of carbonyl (C=O) groups excluding carboxylic acids is 1. The molecule has 0 aliphatic carbocycles. The van der Waals surface area contributed by atoms with Crippen LogP contribution in [0.1, 0.15) is 16.1 Å². The van der Waals surface area contributed by atoms with Crippen molar-refractivity contribution in [3.8, 4) is 17.2 Å². The normalized spacial score (nSPS) is 12.5. The van der Waals surface area contributed by atoms with E-state index in [1.807, 2.05) is 36.4 Å². The first kappa shape index (κ1) is 19.8. The largest absolute Gasteiger partial charge is 0.486 e. The summed E-state index contributed by atoms with van der Waals surface area (Å²) in [6.07, 6.45) is 0.624. The van der Waals surface area contributed by atoms with Gasteiger partial charge in [-0.15, -0.1) is 0 Å². The second-order valence-electron chi connectivity index (χ2n) is 7.43. The van der Waals surface area contributed by atoms with Crippen molar-refractivity contribution in [3.63, 3.8) is 0 Å². The number of ether oxygens (including phenoxy) is 2. The molecule has 7 nitrogen and oxygen atoms in total. The minimum atomic E-state index is -0.330. The maximum atomic E-state index is 13.0. The minimum Gasteiger partial charge on any atom is -0.486 e. The molecule has 0 atom stereocenters. The highest BCUT2D eigenvalue weighted by molar-refractivity contribution is 6.04. The van der Waals surface area contributed by atoms with Crippen LogP contribution in [0.25, 0.3) is 16.5 Å². The van der Waals surface area contributed by atoms with Gasteiger partial charge in [-0.05, 0) is 42.3 Å². The number of rotatable bonds is 5. The number of nitrogens with zero attached hydrogens (tertiary/aromatic N) is 2. The molecule has 1 amide bonds. The summed E-state index contributed by atoms with van der Waals surface area (Å²) in [6, 6.07) is 21.9. The van der Waals surface area contributed by atoms with E-state index in [-0.39, 0.29) is 17.2 Å². The average Bonchev–Trinajstić information content (AvgIpc) is 2.85. The average molecular weight is 427 g/mol. The van der Waals surface area contributed by atoms with Crippen LogP contribution in [0.2, 0.25) is 0 Å². The van der Waals surface area contributed by atoms with Gasteiger partial charge in [-0.3, -0.25) is 9.59 Å². The van der Waals surface area contributed by atoms with Gasteiger partial charge in [0.1, 0.15) is 13.2 Å². The van der Waals surface area contributed by atoms with Gasteiger partial charge in [0.2, 0.25) is 0 Å². The first-order chi connectivity index (χ1) is 15.7. The van der Waals surface area contributed by atoms with E-state index in [2.05, 4.69) is 10.4 Å². The Bertz CT molecular complexity index is 1350. The van der Waals surface area contributed by atoms with Gasteiger partial charge in [-0.1, -0.05) is 42.5 Å². The van der Waals surface area contributed by atoms with Crippen LogP contribution in [-0.4, -0.2) is 35.4 Å². The van der Waals surface area contributed by atoms with Crippen LogP contribution in [0.4, 0.5) is 0 Å². The Morgan fingerprint density at radius 1 is 0.906 bits per heavy atom. The molecule has 1 aliphatic heterocycles. The third-order valence-electron chi connectivity index (χ3n) is 5.33. The second kappa shape index (κ2) is 8.55. The summed E-state index contributed by atoms with van der Waals surface area (Å²) in [6.45, 7) is 1.50. The van der Waals surface area contributed by atoms with E-state index in [1.165, 1.54) is 4.68 Å². The van der Waals surface area contributed by atoms with Gasteiger partial charge in [-0.25, -0.2) is 0 Å². The van der Waals surface area contributed by atoms with Crippen molar-refractivity contribution >= 4 is 16.7 Å². The minimum absolute atomic E-state index is 0.214. The third kappa shape index (κ3) is 3.80. The van der Waals surface area contributed by atoms with Gasteiger partial charge >= 0.3 is 0 Å². The molecular formula is C25H21N3O4. The van der Waals surface area contributed by atoms with Gasteiger partial charge in [0.25, 0.3) is 11.5 Å². The molecule has 3 aromatic carbocycles. The van der Waals surface area contributed by atoms with Crippen LogP contribution in [0.5, 0.6) is 11.5 Å². The van der Waals surface area contributed by atoms with E-state index in [9.17, 15) is 9.59 Å². The fourth-order valence-electron chi connectivity index (χ4n) is 3.75. The number of benzene rings is 3.